The Bertz CT molecular complexity index is 500. The van der Waals surface area contributed by atoms with Gasteiger partial charge in [-0.3, -0.25) is 4.79 Å². The first-order valence-electron chi connectivity index (χ1n) is 6.86. The molecule has 1 aliphatic carbocycles. The lowest BCUT2D eigenvalue weighted by Crippen LogP contribution is -2.33. The van der Waals surface area contributed by atoms with Crippen LogP contribution < -0.4 is 15.8 Å². The minimum Gasteiger partial charge on any atom is -0.483 e. The van der Waals surface area contributed by atoms with E-state index in [4.69, 9.17) is 22.7 Å². The Hall–Kier alpha value is -1.62. The number of para-hydroxylation sites is 1. The highest BCUT2D eigenvalue weighted by Gasteiger charge is 2.27. The van der Waals surface area contributed by atoms with Crippen molar-refractivity contribution in [3.8, 4) is 5.75 Å². The second-order valence-corrected chi connectivity index (χ2v) is 5.71. The summed E-state index contributed by atoms with van der Waals surface area (Å²) in [6.45, 7) is 2.86. The molecule has 0 saturated heterocycles. The zero-order valence-electron chi connectivity index (χ0n) is 11.6. The van der Waals surface area contributed by atoms with Crippen LogP contribution in [0.1, 0.15) is 25.3 Å². The molecular weight excluding hydrogens is 272 g/mol. The van der Waals surface area contributed by atoms with Crippen molar-refractivity contribution in [3.63, 3.8) is 0 Å². The highest BCUT2D eigenvalue weighted by Crippen LogP contribution is 2.36. The Kier molecular flexibility index (Phi) is 4.95. The highest BCUT2D eigenvalue weighted by molar-refractivity contribution is 7.80. The van der Waals surface area contributed by atoms with Crippen molar-refractivity contribution in [1.82, 2.24) is 5.32 Å². The van der Waals surface area contributed by atoms with Gasteiger partial charge in [0.25, 0.3) is 5.91 Å². The molecule has 4 nitrogen and oxygen atoms in total. The third-order valence-corrected chi connectivity index (χ3v) is 3.78. The number of nitrogens with two attached hydrogens (primary N) is 1. The summed E-state index contributed by atoms with van der Waals surface area (Å²) in [4.78, 5) is 12.0. The molecule has 0 heterocycles. The molecule has 1 atom stereocenters. The quantitative estimate of drug-likeness (QED) is 0.753. The second kappa shape index (κ2) is 6.70. The summed E-state index contributed by atoms with van der Waals surface area (Å²) >= 11 is 4.95. The third kappa shape index (κ3) is 4.20. The molecule has 0 spiro atoms. The molecule has 3 N–H and O–H groups in total. The highest BCUT2D eigenvalue weighted by atomic mass is 32.1. The maximum absolute atomic E-state index is 11.7. The lowest BCUT2D eigenvalue weighted by molar-refractivity contribution is -0.123. The molecule has 1 aliphatic rings. The third-order valence-electron chi connectivity index (χ3n) is 3.56. The van der Waals surface area contributed by atoms with Crippen molar-refractivity contribution >= 4 is 23.1 Å². The van der Waals surface area contributed by atoms with Crippen LogP contribution in [0.4, 0.5) is 0 Å². The predicted molar refractivity (Wildman–Crippen MR) is 82.7 cm³/mol. The summed E-state index contributed by atoms with van der Waals surface area (Å²) in [5.41, 5.74) is 6.26. The van der Waals surface area contributed by atoms with Crippen LogP contribution in [0.25, 0.3) is 0 Å². The number of amides is 1. The molecule has 20 heavy (non-hydrogen) atoms. The summed E-state index contributed by atoms with van der Waals surface area (Å²) in [7, 11) is 0. The van der Waals surface area contributed by atoms with Gasteiger partial charge in [-0.15, -0.1) is 0 Å². The van der Waals surface area contributed by atoms with Gasteiger partial charge in [0.2, 0.25) is 0 Å². The van der Waals surface area contributed by atoms with Gasteiger partial charge in [0.15, 0.2) is 6.61 Å². The van der Waals surface area contributed by atoms with Gasteiger partial charge < -0.3 is 15.8 Å². The average Bonchev–Trinajstić information content (AvgIpc) is 3.27. The molecule has 1 fully saturated rings. The normalized spacial score (nSPS) is 15.4. The van der Waals surface area contributed by atoms with Crippen molar-refractivity contribution in [1.29, 1.82) is 0 Å². The van der Waals surface area contributed by atoms with Crippen molar-refractivity contribution in [2.75, 3.05) is 13.2 Å². The summed E-state index contributed by atoms with van der Waals surface area (Å²) in [5, 5.41) is 2.89. The standard InChI is InChI=1S/C15H20N2O2S/c1-10(11-6-7-11)8-17-14(18)9-19-13-5-3-2-4-12(13)15(16)20/h2-5,10-11H,6-9H2,1H3,(H2,16,20)(H,17,18). The number of hydrogen-bond acceptors (Lipinski definition) is 3. The zero-order valence-corrected chi connectivity index (χ0v) is 12.4. The van der Waals surface area contributed by atoms with Crippen molar-refractivity contribution in [2.24, 2.45) is 17.6 Å². The summed E-state index contributed by atoms with van der Waals surface area (Å²) in [5.74, 6) is 1.76. The molecule has 5 heteroatoms. The first kappa shape index (κ1) is 14.8. The van der Waals surface area contributed by atoms with E-state index < -0.39 is 0 Å². The molecule has 0 aromatic heterocycles. The smallest absolute Gasteiger partial charge is 0.257 e. The number of thiocarbonyl (C=S) groups is 1. The fraction of sp³-hybridized carbons (Fsp3) is 0.467. The van der Waals surface area contributed by atoms with Crippen molar-refractivity contribution in [3.05, 3.63) is 29.8 Å². The van der Waals surface area contributed by atoms with Crippen molar-refractivity contribution < 1.29 is 9.53 Å². The van der Waals surface area contributed by atoms with Gasteiger partial charge >= 0.3 is 0 Å². The van der Waals surface area contributed by atoms with E-state index in [0.29, 0.717) is 23.8 Å². The van der Waals surface area contributed by atoms with E-state index in [1.54, 1.807) is 12.1 Å². The number of carbonyl (C=O) groups excluding carboxylic acids is 1. The Morgan fingerprint density at radius 3 is 2.85 bits per heavy atom. The van der Waals surface area contributed by atoms with Crippen LogP contribution in [0.5, 0.6) is 5.75 Å². The number of rotatable bonds is 7. The van der Waals surface area contributed by atoms with E-state index in [0.717, 1.165) is 5.92 Å². The van der Waals surface area contributed by atoms with Gasteiger partial charge in [-0.1, -0.05) is 31.3 Å². The largest absolute Gasteiger partial charge is 0.483 e. The van der Waals surface area contributed by atoms with Gasteiger partial charge in [-0.2, -0.15) is 0 Å². The Morgan fingerprint density at radius 2 is 2.20 bits per heavy atom. The van der Waals surface area contributed by atoms with Crippen LogP contribution in [0, 0.1) is 11.8 Å². The lowest BCUT2D eigenvalue weighted by Gasteiger charge is -2.13. The van der Waals surface area contributed by atoms with E-state index in [2.05, 4.69) is 12.2 Å². The van der Waals surface area contributed by atoms with Gasteiger partial charge in [-0.05, 0) is 36.8 Å². The van der Waals surface area contributed by atoms with Crippen LogP contribution in [-0.2, 0) is 4.79 Å². The van der Waals surface area contributed by atoms with Gasteiger partial charge in [0, 0.05) is 6.54 Å². The molecule has 1 amide bonds. The van der Waals surface area contributed by atoms with Gasteiger partial charge in [0.1, 0.15) is 10.7 Å². The predicted octanol–water partition coefficient (Wildman–Crippen LogP) is 1.86. The molecule has 0 radical (unpaired) electrons. The monoisotopic (exact) mass is 292 g/mol. The second-order valence-electron chi connectivity index (χ2n) is 5.27. The Labute approximate surface area is 124 Å². The zero-order chi connectivity index (χ0) is 14.5. The summed E-state index contributed by atoms with van der Waals surface area (Å²) < 4.78 is 5.49. The summed E-state index contributed by atoms with van der Waals surface area (Å²) in [6, 6.07) is 7.20. The SMILES string of the molecule is CC(CNC(=O)COc1ccccc1C(N)=S)C1CC1. The fourth-order valence-electron chi connectivity index (χ4n) is 2.10. The van der Waals surface area contributed by atoms with Crippen LogP contribution in [0.15, 0.2) is 24.3 Å². The minimum absolute atomic E-state index is 0.0169. The molecule has 0 bridgehead atoms. The molecule has 1 unspecified atom stereocenters. The topological polar surface area (TPSA) is 64.3 Å². The van der Waals surface area contributed by atoms with E-state index >= 15 is 0 Å². The average molecular weight is 292 g/mol. The Morgan fingerprint density at radius 1 is 1.50 bits per heavy atom. The van der Waals surface area contributed by atoms with E-state index in [-0.39, 0.29) is 17.5 Å². The molecular formula is C15H20N2O2S. The van der Waals surface area contributed by atoms with Crippen LogP contribution in [0.3, 0.4) is 0 Å². The fourth-order valence-corrected chi connectivity index (χ4v) is 2.27. The Balaban J connectivity index is 1.79. The van der Waals surface area contributed by atoms with E-state index in [1.807, 2.05) is 12.1 Å². The maximum Gasteiger partial charge on any atom is 0.257 e. The molecule has 1 aromatic rings. The maximum atomic E-state index is 11.7. The van der Waals surface area contributed by atoms with E-state index in [1.165, 1.54) is 12.8 Å². The molecule has 0 aliphatic heterocycles. The molecule has 1 saturated carbocycles. The molecule has 108 valence electrons. The number of benzene rings is 1. The van der Waals surface area contributed by atoms with Gasteiger partial charge in [0.05, 0.1) is 5.56 Å². The van der Waals surface area contributed by atoms with E-state index in [9.17, 15) is 4.79 Å². The molecule has 2 rings (SSSR count). The minimum atomic E-state index is -0.116. The number of nitrogens with one attached hydrogen (secondary N) is 1. The lowest BCUT2D eigenvalue weighted by atomic mass is 10.1. The van der Waals surface area contributed by atoms with Crippen LogP contribution in [0.2, 0.25) is 0 Å². The molecule has 1 aromatic carbocycles. The van der Waals surface area contributed by atoms with Crippen molar-refractivity contribution in [2.45, 2.75) is 19.8 Å². The van der Waals surface area contributed by atoms with Crippen LogP contribution >= 0.6 is 12.2 Å². The van der Waals surface area contributed by atoms with Gasteiger partial charge in [-0.25, -0.2) is 0 Å². The summed E-state index contributed by atoms with van der Waals surface area (Å²) in [6.07, 6.45) is 2.57. The number of carbonyl (C=O) groups is 1. The van der Waals surface area contributed by atoms with Crippen LogP contribution in [-0.4, -0.2) is 24.0 Å². The first-order chi connectivity index (χ1) is 9.58. The number of hydrogen-bond donors (Lipinski definition) is 2. The number of ether oxygens (including phenoxy) is 1. The first-order valence-corrected chi connectivity index (χ1v) is 7.27.